The van der Waals surface area contributed by atoms with Gasteiger partial charge in [-0.3, -0.25) is 9.36 Å². The summed E-state index contributed by atoms with van der Waals surface area (Å²) >= 11 is 0. The molecule has 2 aromatic heterocycles. The van der Waals surface area contributed by atoms with Gasteiger partial charge in [-0.25, -0.2) is 14.9 Å². The molecule has 2 rings (SSSR count). The standard InChI is InChI=1S/C9H10N6O2/c1-14-4-6(7(16)15(2)9(14)17)3-10-8-11-5-12-13-8/h3-5H,1-2H3,(H,11,12,13)/b10-3+. The first-order chi connectivity index (χ1) is 8.09. The van der Waals surface area contributed by atoms with E-state index in [0.717, 1.165) is 4.57 Å². The van der Waals surface area contributed by atoms with Gasteiger partial charge in [0, 0.05) is 26.5 Å². The molecule has 0 fully saturated rings. The molecular formula is C9H10N6O2. The van der Waals surface area contributed by atoms with Crippen LogP contribution in [0.25, 0.3) is 0 Å². The van der Waals surface area contributed by atoms with Gasteiger partial charge in [-0.2, -0.15) is 10.1 Å². The van der Waals surface area contributed by atoms with Crippen LogP contribution in [0.4, 0.5) is 5.95 Å². The lowest BCUT2D eigenvalue weighted by Crippen LogP contribution is -2.38. The molecule has 0 aliphatic heterocycles. The van der Waals surface area contributed by atoms with Crippen LogP contribution in [-0.4, -0.2) is 30.5 Å². The van der Waals surface area contributed by atoms with Crippen molar-refractivity contribution in [3.05, 3.63) is 38.9 Å². The average molecular weight is 234 g/mol. The van der Waals surface area contributed by atoms with E-state index in [-0.39, 0.29) is 5.69 Å². The summed E-state index contributed by atoms with van der Waals surface area (Å²) < 4.78 is 2.32. The fourth-order valence-electron chi connectivity index (χ4n) is 1.32. The summed E-state index contributed by atoms with van der Waals surface area (Å²) in [6.07, 6.45) is 4.07. The quantitative estimate of drug-likeness (QED) is 0.670. The molecule has 0 aromatic carbocycles. The SMILES string of the molecule is Cn1cc(/C=N/c2ncn[nH]2)c(=O)n(C)c1=O. The van der Waals surface area contributed by atoms with Crippen molar-refractivity contribution in [1.29, 1.82) is 0 Å². The number of hydrogen-bond acceptors (Lipinski definition) is 5. The largest absolute Gasteiger partial charge is 0.330 e. The molecule has 17 heavy (non-hydrogen) atoms. The maximum Gasteiger partial charge on any atom is 0.330 e. The molecule has 2 heterocycles. The topological polar surface area (TPSA) is 97.9 Å². The molecule has 8 heteroatoms. The average Bonchev–Trinajstić information content (AvgIpc) is 2.82. The molecule has 0 atom stereocenters. The van der Waals surface area contributed by atoms with E-state index < -0.39 is 5.56 Å². The second kappa shape index (κ2) is 4.16. The van der Waals surface area contributed by atoms with Crippen molar-refractivity contribution in [2.24, 2.45) is 19.1 Å². The summed E-state index contributed by atoms with van der Waals surface area (Å²) in [7, 11) is 2.98. The van der Waals surface area contributed by atoms with Gasteiger partial charge in [0.1, 0.15) is 6.33 Å². The van der Waals surface area contributed by atoms with Crippen molar-refractivity contribution in [3.8, 4) is 0 Å². The van der Waals surface area contributed by atoms with Gasteiger partial charge in [-0.1, -0.05) is 0 Å². The summed E-state index contributed by atoms with van der Waals surface area (Å²) in [6, 6.07) is 0. The normalized spacial score (nSPS) is 11.2. The van der Waals surface area contributed by atoms with Crippen molar-refractivity contribution in [2.75, 3.05) is 0 Å². The number of hydrogen-bond donors (Lipinski definition) is 1. The zero-order chi connectivity index (χ0) is 12.4. The summed E-state index contributed by atoms with van der Waals surface area (Å²) in [6.45, 7) is 0. The summed E-state index contributed by atoms with van der Waals surface area (Å²) in [4.78, 5) is 30.8. The fourth-order valence-corrected chi connectivity index (χ4v) is 1.32. The van der Waals surface area contributed by atoms with Gasteiger partial charge in [-0.15, -0.1) is 0 Å². The van der Waals surface area contributed by atoms with Crippen molar-refractivity contribution in [1.82, 2.24) is 24.3 Å². The highest BCUT2D eigenvalue weighted by atomic mass is 16.2. The number of aromatic amines is 1. The Morgan fingerprint density at radius 1 is 1.41 bits per heavy atom. The fraction of sp³-hybridized carbons (Fsp3) is 0.222. The van der Waals surface area contributed by atoms with Gasteiger partial charge in [0.05, 0.1) is 5.56 Å². The number of aryl methyl sites for hydroxylation is 1. The highest BCUT2D eigenvalue weighted by Gasteiger charge is 2.04. The molecule has 0 spiro atoms. The van der Waals surface area contributed by atoms with E-state index in [2.05, 4.69) is 20.2 Å². The number of aromatic nitrogens is 5. The number of H-pyrrole nitrogens is 1. The Morgan fingerprint density at radius 2 is 2.18 bits per heavy atom. The van der Waals surface area contributed by atoms with Crippen LogP contribution in [0.15, 0.2) is 27.1 Å². The van der Waals surface area contributed by atoms with Crippen LogP contribution in [0.3, 0.4) is 0 Å². The molecule has 88 valence electrons. The molecule has 0 aliphatic carbocycles. The predicted octanol–water partition coefficient (Wildman–Crippen LogP) is -1.05. The number of rotatable bonds is 2. The molecule has 8 nitrogen and oxygen atoms in total. The number of aliphatic imine (C=N–C) groups is 1. The number of nitrogens with zero attached hydrogens (tertiary/aromatic N) is 5. The molecule has 0 bridgehead atoms. The van der Waals surface area contributed by atoms with Crippen molar-refractivity contribution in [3.63, 3.8) is 0 Å². The van der Waals surface area contributed by atoms with Gasteiger partial charge in [-0.05, 0) is 0 Å². The minimum atomic E-state index is -0.406. The lowest BCUT2D eigenvalue weighted by atomic mass is 10.3. The zero-order valence-electron chi connectivity index (χ0n) is 9.28. The first kappa shape index (κ1) is 11.0. The monoisotopic (exact) mass is 234 g/mol. The van der Waals surface area contributed by atoms with E-state index in [1.165, 1.54) is 30.4 Å². The first-order valence-electron chi connectivity index (χ1n) is 4.75. The molecule has 1 N–H and O–H groups in total. The second-order valence-corrected chi connectivity index (χ2v) is 3.41. The Bertz CT molecular complexity index is 664. The third-order valence-electron chi connectivity index (χ3n) is 2.20. The molecule has 0 radical (unpaired) electrons. The van der Waals surface area contributed by atoms with E-state index in [9.17, 15) is 9.59 Å². The van der Waals surface area contributed by atoms with Crippen LogP contribution >= 0.6 is 0 Å². The third-order valence-corrected chi connectivity index (χ3v) is 2.20. The van der Waals surface area contributed by atoms with Gasteiger partial charge >= 0.3 is 5.69 Å². The van der Waals surface area contributed by atoms with Crippen LogP contribution < -0.4 is 11.2 Å². The Kier molecular flexibility index (Phi) is 2.69. The lowest BCUT2D eigenvalue weighted by Gasteiger charge is -2.02. The lowest BCUT2D eigenvalue weighted by molar-refractivity contribution is 0.684. The van der Waals surface area contributed by atoms with Crippen LogP contribution in [0.5, 0.6) is 0 Å². The minimum absolute atomic E-state index is 0.293. The Morgan fingerprint density at radius 3 is 2.82 bits per heavy atom. The van der Waals surface area contributed by atoms with Gasteiger partial charge in [0.25, 0.3) is 5.56 Å². The Hall–Kier alpha value is -2.51. The molecule has 0 saturated carbocycles. The Balaban J connectivity index is 2.48. The molecular weight excluding hydrogens is 224 g/mol. The van der Waals surface area contributed by atoms with Crippen LogP contribution in [0, 0.1) is 0 Å². The highest BCUT2D eigenvalue weighted by molar-refractivity contribution is 5.80. The number of nitrogens with one attached hydrogen (secondary N) is 1. The maximum absolute atomic E-state index is 11.7. The van der Waals surface area contributed by atoms with E-state index in [1.54, 1.807) is 7.05 Å². The second-order valence-electron chi connectivity index (χ2n) is 3.41. The summed E-state index contributed by atoms with van der Waals surface area (Å²) in [5.41, 5.74) is -0.491. The predicted molar refractivity (Wildman–Crippen MR) is 60.6 cm³/mol. The Labute approximate surface area is 95.3 Å². The van der Waals surface area contributed by atoms with Gasteiger partial charge in [0.15, 0.2) is 0 Å². The van der Waals surface area contributed by atoms with Crippen molar-refractivity contribution in [2.45, 2.75) is 0 Å². The zero-order valence-corrected chi connectivity index (χ0v) is 9.28. The van der Waals surface area contributed by atoms with E-state index in [1.807, 2.05) is 0 Å². The van der Waals surface area contributed by atoms with E-state index in [4.69, 9.17) is 0 Å². The third kappa shape index (κ3) is 2.05. The van der Waals surface area contributed by atoms with Crippen molar-refractivity contribution >= 4 is 12.2 Å². The van der Waals surface area contributed by atoms with E-state index in [0.29, 0.717) is 11.5 Å². The summed E-state index contributed by atoms with van der Waals surface area (Å²) in [5, 5.41) is 6.15. The van der Waals surface area contributed by atoms with Crippen LogP contribution in [0.1, 0.15) is 5.56 Å². The molecule has 0 saturated heterocycles. The summed E-state index contributed by atoms with van der Waals surface area (Å²) in [5.74, 6) is 0.293. The van der Waals surface area contributed by atoms with Crippen molar-refractivity contribution < 1.29 is 0 Å². The first-order valence-corrected chi connectivity index (χ1v) is 4.75. The van der Waals surface area contributed by atoms with E-state index >= 15 is 0 Å². The molecule has 0 unspecified atom stereocenters. The molecule has 2 aromatic rings. The van der Waals surface area contributed by atoms with Gasteiger partial charge in [0.2, 0.25) is 5.95 Å². The van der Waals surface area contributed by atoms with Crippen LogP contribution in [-0.2, 0) is 14.1 Å². The molecule has 0 aliphatic rings. The maximum atomic E-state index is 11.7. The smallest absolute Gasteiger partial charge is 0.303 e. The highest BCUT2D eigenvalue weighted by Crippen LogP contribution is 1.97. The van der Waals surface area contributed by atoms with Gasteiger partial charge < -0.3 is 4.57 Å². The van der Waals surface area contributed by atoms with Crippen LogP contribution in [0.2, 0.25) is 0 Å². The minimum Gasteiger partial charge on any atom is -0.303 e. The molecule has 0 amide bonds.